The van der Waals surface area contributed by atoms with Gasteiger partial charge in [0, 0.05) is 10.4 Å². The van der Waals surface area contributed by atoms with E-state index in [9.17, 15) is 4.79 Å². The summed E-state index contributed by atoms with van der Waals surface area (Å²) in [6.07, 6.45) is 0. The van der Waals surface area contributed by atoms with Gasteiger partial charge in [0.15, 0.2) is 6.54 Å². The van der Waals surface area contributed by atoms with Crippen LogP contribution in [0.15, 0.2) is 59.3 Å². The molecule has 0 radical (unpaired) electrons. The maximum atomic E-state index is 12.4. The van der Waals surface area contributed by atoms with Crippen molar-refractivity contribution in [3.05, 3.63) is 80.2 Å². The van der Waals surface area contributed by atoms with Crippen LogP contribution in [0.2, 0.25) is 0 Å². The molecule has 0 aliphatic carbocycles. The van der Waals surface area contributed by atoms with E-state index in [0.717, 1.165) is 0 Å². The Kier molecular flexibility index (Phi) is 6.02. The number of thiophene rings is 2. The molecule has 0 unspecified atom stereocenters. The number of nitrogens with one attached hydrogen (secondary N) is 1. The summed E-state index contributed by atoms with van der Waals surface area (Å²) in [6.45, 7) is 4.53. The van der Waals surface area contributed by atoms with E-state index in [1.807, 2.05) is 18.4 Å². The minimum atomic E-state index is 0.0560. The van der Waals surface area contributed by atoms with Crippen LogP contribution in [-0.4, -0.2) is 12.5 Å². The van der Waals surface area contributed by atoms with E-state index in [2.05, 4.69) is 65.4 Å². The SMILES string of the molecule is Cc1ccc([C@H]([NH2+]CC(=O)N[C@@H](C)c2cccs2)c2cccs2)cc1. The molecule has 3 N–H and O–H groups in total. The quantitative estimate of drug-likeness (QED) is 0.654. The van der Waals surface area contributed by atoms with E-state index in [4.69, 9.17) is 0 Å². The summed E-state index contributed by atoms with van der Waals surface area (Å²) < 4.78 is 0. The van der Waals surface area contributed by atoms with Crippen LogP contribution >= 0.6 is 22.7 Å². The van der Waals surface area contributed by atoms with Crippen molar-refractivity contribution < 1.29 is 10.1 Å². The lowest BCUT2D eigenvalue weighted by molar-refractivity contribution is -0.676. The lowest BCUT2D eigenvalue weighted by Crippen LogP contribution is -2.87. The second-order valence-electron chi connectivity index (χ2n) is 6.15. The highest BCUT2D eigenvalue weighted by molar-refractivity contribution is 7.10. The number of hydrogen-bond donors (Lipinski definition) is 2. The number of nitrogens with two attached hydrogens (primary N) is 1. The van der Waals surface area contributed by atoms with Gasteiger partial charge in [0.05, 0.1) is 10.9 Å². The number of rotatable bonds is 7. The standard InChI is InChI=1S/C20H22N2OS2/c1-14-7-9-16(10-8-14)20(18-6-4-12-25-18)21-13-19(23)22-15(2)17-5-3-11-24-17/h3-12,15,20-21H,13H2,1-2H3,(H,22,23)/p+1/t15-,20-/m0/s1. The number of hydrogen-bond acceptors (Lipinski definition) is 3. The van der Waals surface area contributed by atoms with Crippen molar-refractivity contribution >= 4 is 28.6 Å². The average molecular weight is 372 g/mol. The Bertz CT molecular complexity index is 780. The molecule has 3 nitrogen and oxygen atoms in total. The van der Waals surface area contributed by atoms with E-state index >= 15 is 0 Å². The van der Waals surface area contributed by atoms with Crippen molar-refractivity contribution in [3.63, 3.8) is 0 Å². The summed E-state index contributed by atoms with van der Waals surface area (Å²) >= 11 is 3.40. The van der Waals surface area contributed by atoms with E-state index < -0.39 is 0 Å². The zero-order valence-electron chi connectivity index (χ0n) is 14.4. The van der Waals surface area contributed by atoms with E-state index in [1.165, 1.54) is 20.9 Å². The van der Waals surface area contributed by atoms with Crippen LogP contribution in [0.1, 0.15) is 39.9 Å². The predicted molar refractivity (Wildman–Crippen MR) is 105 cm³/mol. The topological polar surface area (TPSA) is 45.7 Å². The van der Waals surface area contributed by atoms with Crippen LogP contribution in [0.25, 0.3) is 0 Å². The lowest BCUT2D eigenvalue weighted by Gasteiger charge is -2.16. The predicted octanol–water partition coefficient (Wildman–Crippen LogP) is 3.65. The maximum Gasteiger partial charge on any atom is 0.275 e. The van der Waals surface area contributed by atoms with Gasteiger partial charge in [-0.25, -0.2) is 0 Å². The second kappa shape index (κ2) is 8.43. The molecule has 0 saturated heterocycles. The Morgan fingerprint density at radius 3 is 2.28 bits per heavy atom. The molecule has 0 spiro atoms. The minimum Gasteiger partial charge on any atom is -0.344 e. The summed E-state index contributed by atoms with van der Waals surface area (Å²) in [5.74, 6) is 0.0644. The number of carbonyl (C=O) groups is 1. The largest absolute Gasteiger partial charge is 0.344 e. The first-order valence-corrected chi connectivity index (χ1v) is 10.2. The normalized spacial score (nSPS) is 13.4. The molecular weight excluding hydrogens is 348 g/mol. The Morgan fingerprint density at radius 1 is 1.04 bits per heavy atom. The molecule has 0 bridgehead atoms. The van der Waals surface area contributed by atoms with Gasteiger partial charge >= 0.3 is 0 Å². The van der Waals surface area contributed by atoms with Crippen molar-refractivity contribution in [1.82, 2.24) is 5.32 Å². The monoisotopic (exact) mass is 371 g/mol. The number of benzene rings is 1. The third-order valence-corrected chi connectivity index (χ3v) is 6.18. The zero-order valence-corrected chi connectivity index (χ0v) is 16.1. The molecule has 130 valence electrons. The van der Waals surface area contributed by atoms with Crippen molar-refractivity contribution in [2.24, 2.45) is 0 Å². The molecular formula is C20H23N2OS2+. The van der Waals surface area contributed by atoms with Crippen LogP contribution in [0, 0.1) is 6.92 Å². The zero-order chi connectivity index (χ0) is 17.6. The number of amides is 1. The Balaban J connectivity index is 1.64. The summed E-state index contributed by atoms with van der Waals surface area (Å²) in [7, 11) is 0. The molecule has 5 heteroatoms. The van der Waals surface area contributed by atoms with Gasteiger partial charge in [0.25, 0.3) is 5.91 Å². The van der Waals surface area contributed by atoms with Gasteiger partial charge in [0.2, 0.25) is 0 Å². The fourth-order valence-corrected chi connectivity index (χ4v) is 4.38. The third kappa shape index (κ3) is 4.78. The Labute approximate surface area is 156 Å². The van der Waals surface area contributed by atoms with E-state index in [1.54, 1.807) is 22.7 Å². The van der Waals surface area contributed by atoms with E-state index in [-0.39, 0.29) is 18.0 Å². The minimum absolute atomic E-state index is 0.0560. The van der Waals surface area contributed by atoms with Crippen LogP contribution in [-0.2, 0) is 4.79 Å². The molecule has 0 aliphatic heterocycles. The summed E-state index contributed by atoms with van der Waals surface area (Å²) in [5.41, 5.74) is 2.48. The van der Waals surface area contributed by atoms with Crippen molar-refractivity contribution in [3.8, 4) is 0 Å². The molecule has 2 aromatic heterocycles. The number of quaternary nitrogens is 1. The van der Waals surface area contributed by atoms with Gasteiger partial charge in [-0.05, 0) is 36.7 Å². The first-order valence-electron chi connectivity index (χ1n) is 8.39. The van der Waals surface area contributed by atoms with E-state index in [0.29, 0.717) is 6.54 Å². The maximum absolute atomic E-state index is 12.4. The molecule has 3 rings (SSSR count). The van der Waals surface area contributed by atoms with Crippen LogP contribution in [0.4, 0.5) is 0 Å². The van der Waals surface area contributed by atoms with Gasteiger partial charge in [-0.15, -0.1) is 22.7 Å². The molecule has 2 atom stereocenters. The molecule has 1 amide bonds. The molecule has 0 aliphatic rings. The molecule has 2 heterocycles. The van der Waals surface area contributed by atoms with Crippen molar-refractivity contribution in [2.75, 3.05) is 6.54 Å². The summed E-state index contributed by atoms with van der Waals surface area (Å²) in [4.78, 5) is 14.8. The molecule has 0 saturated carbocycles. The fraction of sp³-hybridized carbons (Fsp3) is 0.250. The van der Waals surface area contributed by atoms with Crippen LogP contribution in [0.5, 0.6) is 0 Å². The van der Waals surface area contributed by atoms with Gasteiger partial charge in [0.1, 0.15) is 6.04 Å². The highest BCUT2D eigenvalue weighted by Crippen LogP contribution is 2.23. The molecule has 3 aromatic rings. The third-order valence-electron chi connectivity index (χ3n) is 4.17. The van der Waals surface area contributed by atoms with Crippen LogP contribution in [0.3, 0.4) is 0 Å². The average Bonchev–Trinajstić information content (AvgIpc) is 3.30. The smallest absolute Gasteiger partial charge is 0.275 e. The summed E-state index contributed by atoms with van der Waals surface area (Å²) in [5, 5.41) is 9.33. The highest BCUT2D eigenvalue weighted by Gasteiger charge is 2.20. The van der Waals surface area contributed by atoms with Crippen LogP contribution < -0.4 is 10.6 Å². The molecule has 1 aromatic carbocycles. The van der Waals surface area contributed by atoms with Crippen molar-refractivity contribution in [2.45, 2.75) is 25.9 Å². The number of carbonyl (C=O) groups excluding carboxylic acids is 1. The Hall–Kier alpha value is -1.95. The lowest BCUT2D eigenvalue weighted by atomic mass is 10.0. The first-order chi connectivity index (χ1) is 12.1. The summed E-state index contributed by atoms with van der Waals surface area (Å²) in [6, 6.07) is 17.0. The van der Waals surface area contributed by atoms with Gasteiger partial charge in [-0.3, -0.25) is 4.79 Å². The fourth-order valence-electron chi connectivity index (χ4n) is 2.79. The Morgan fingerprint density at radius 2 is 1.68 bits per heavy atom. The molecule has 0 fully saturated rings. The second-order valence-corrected chi connectivity index (χ2v) is 8.11. The number of aryl methyl sites for hydroxylation is 1. The van der Waals surface area contributed by atoms with Gasteiger partial charge < -0.3 is 10.6 Å². The first kappa shape index (κ1) is 17.9. The van der Waals surface area contributed by atoms with Crippen molar-refractivity contribution in [1.29, 1.82) is 0 Å². The molecule has 25 heavy (non-hydrogen) atoms. The van der Waals surface area contributed by atoms with Gasteiger partial charge in [-0.2, -0.15) is 0 Å². The van der Waals surface area contributed by atoms with Gasteiger partial charge in [-0.1, -0.05) is 42.0 Å². The highest BCUT2D eigenvalue weighted by atomic mass is 32.1.